The summed E-state index contributed by atoms with van der Waals surface area (Å²) in [6.45, 7) is 12.1. The van der Waals surface area contributed by atoms with Crippen molar-refractivity contribution in [1.29, 1.82) is 0 Å². The number of ether oxygens (including phenoxy) is 1. The summed E-state index contributed by atoms with van der Waals surface area (Å²) in [4.78, 5) is 11.3. The quantitative estimate of drug-likeness (QED) is 0.374. The molecule has 0 radical (unpaired) electrons. The molecule has 0 saturated heterocycles. The fourth-order valence-corrected chi connectivity index (χ4v) is 3.52. The van der Waals surface area contributed by atoms with Crippen molar-refractivity contribution in [2.24, 2.45) is 0 Å². The Bertz CT molecular complexity index is 234. The van der Waals surface area contributed by atoms with Crippen LogP contribution < -0.4 is 0 Å². The van der Waals surface area contributed by atoms with Crippen LogP contribution in [0.1, 0.15) is 27.7 Å². The molecule has 0 fully saturated rings. The van der Waals surface area contributed by atoms with Gasteiger partial charge in [0.15, 0.2) is 0 Å². The highest BCUT2D eigenvalue weighted by Gasteiger charge is 2.37. The normalized spacial score (nSPS) is 11.2. The van der Waals surface area contributed by atoms with Crippen LogP contribution in [0.3, 0.4) is 0 Å². The second-order valence-electron chi connectivity index (χ2n) is 3.49. The second-order valence-corrected chi connectivity index (χ2v) is 6.88. The Morgan fingerprint density at radius 1 is 1.19 bits per heavy atom. The molecule has 0 aliphatic rings. The van der Waals surface area contributed by atoms with E-state index in [1.54, 1.807) is 6.92 Å². The Morgan fingerprint density at radius 3 is 2.00 bits per heavy atom. The van der Waals surface area contributed by atoms with Crippen LogP contribution in [0.15, 0.2) is 12.2 Å². The first kappa shape index (κ1) is 15.3. The van der Waals surface area contributed by atoms with E-state index in [4.69, 9.17) is 13.6 Å². The Labute approximate surface area is 98.8 Å². The van der Waals surface area contributed by atoms with Gasteiger partial charge in [-0.05, 0) is 26.8 Å². The first-order valence-corrected chi connectivity index (χ1v) is 7.85. The maximum absolute atomic E-state index is 11.3. The van der Waals surface area contributed by atoms with Crippen LogP contribution in [0.2, 0.25) is 6.04 Å². The molecule has 0 atom stereocenters. The average molecular weight is 246 g/mol. The van der Waals surface area contributed by atoms with E-state index in [9.17, 15) is 4.79 Å². The molecule has 5 heteroatoms. The highest BCUT2D eigenvalue weighted by Crippen LogP contribution is 2.14. The van der Waals surface area contributed by atoms with E-state index in [0.29, 0.717) is 18.8 Å². The number of esters is 1. The zero-order valence-electron chi connectivity index (χ0n) is 10.7. The van der Waals surface area contributed by atoms with E-state index < -0.39 is 8.56 Å². The molecule has 0 heterocycles. The third-order valence-electron chi connectivity index (χ3n) is 2.13. The first-order chi connectivity index (χ1) is 7.51. The van der Waals surface area contributed by atoms with Crippen molar-refractivity contribution in [3.05, 3.63) is 12.2 Å². The van der Waals surface area contributed by atoms with E-state index in [0.717, 1.165) is 6.04 Å². The van der Waals surface area contributed by atoms with Crippen molar-refractivity contribution >= 4 is 14.5 Å². The lowest BCUT2D eigenvalue weighted by atomic mass is 10.4. The molecule has 0 spiro atoms. The number of rotatable bonds is 8. The molecule has 0 aromatic carbocycles. The maximum atomic E-state index is 11.3. The van der Waals surface area contributed by atoms with Gasteiger partial charge in [-0.15, -0.1) is 0 Å². The predicted molar refractivity (Wildman–Crippen MR) is 65.3 cm³/mol. The van der Waals surface area contributed by atoms with Gasteiger partial charge in [-0.3, -0.25) is 0 Å². The van der Waals surface area contributed by atoms with Crippen molar-refractivity contribution < 1.29 is 18.4 Å². The molecule has 0 saturated carbocycles. The van der Waals surface area contributed by atoms with Gasteiger partial charge in [-0.25, -0.2) is 4.79 Å². The monoisotopic (exact) mass is 246 g/mol. The molecular weight excluding hydrogens is 224 g/mol. The van der Waals surface area contributed by atoms with Crippen molar-refractivity contribution in [2.45, 2.75) is 33.7 Å². The summed E-state index contributed by atoms with van der Waals surface area (Å²) in [6, 6.07) is 0.762. The van der Waals surface area contributed by atoms with Gasteiger partial charge in [-0.1, -0.05) is 13.5 Å². The van der Waals surface area contributed by atoms with Gasteiger partial charge in [0.1, 0.15) is 6.23 Å². The van der Waals surface area contributed by atoms with Gasteiger partial charge in [-0.2, -0.15) is 0 Å². The molecular formula is C11H22O4Si. The van der Waals surface area contributed by atoms with Gasteiger partial charge in [0.2, 0.25) is 0 Å². The van der Waals surface area contributed by atoms with Crippen LogP contribution in [0.5, 0.6) is 0 Å². The zero-order chi connectivity index (χ0) is 12.6. The van der Waals surface area contributed by atoms with Crippen molar-refractivity contribution in [2.75, 3.05) is 19.4 Å². The number of hydrogen-bond acceptors (Lipinski definition) is 4. The second kappa shape index (κ2) is 7.59. The van der Waals surface area contributed by atoms with Gasteiger partial charge >= 0.3 is 14.5 Å². The zero-order valence-corrected chi connectivity index (χ0v) is 11.7. The molecule has 16 heavy (non-hydrogen) atoms. The standard InChI is InChI=1S/C11H22O4Si/c1-6-14-16(8-3,15-7-2)9-13-11(12)10(4)5/h4,6-9H2,1-3,5H3. The number of carbonyl (C=O) groups excluding carboxylic acids is 1. The van der Waals surface area contributed by atoms with Crippen LogP contribution in [0, 0.1) is 0 Å². The minimum atomic E-state index is -2.36. The lowest BCUT2D eigenvalue weighted by Crippen LogP contribution is -2.47. The van der Waals surface area contributed by atoms with Gasteiger partial charge in [0, 0.05) is 18.8 Å². The Hall–Kier alpha value is -0.653. The van der Waals surface area contributed by atoms with Crippen LogP contribution in [-0.4, -0.2) is 34.0 Å². The SMILES string of the molecule is C=C(C)C(=O)OC[Si](CC)(OCC)OCC. The Kier molecular flexibility index (Phi) is 7.28. The van der Waals surface area contributed by atoms with Crippen LogP contribution in [0.4, 0.5) is 0 Å². The average Bonchev–Trinajstić information content (AvgIpc) is 2.25. The van der Waals surface area contributed by atoms with Crippen molar-refractivity contribution in [3.8, 4) is 0 Å². The lowest BCUT2D eigenvalue weighted by Gasteiger charge is -2.28. The molecule has 0 aromatic heterocycles. The Morgan fingerprint density at radius 2 is 1.69 bits per heavy atom. The van der Waals surface area contributed by atoms with E-state index >= 15 is 0 Å². The summed E-state index contributed by atoms with van der Waals surface area (Å²) in [5, 5.41) is 0. The van der Waals surface area contributed by atoms with E-state index in [2.05, 4.69) is 6.58 Å². The van der Waals surface area contributed by atoms with Crippen LogP contribution in [0.25, 0.3) is 0 Å². The molecule has 0 N–H and O–H groups in total. The smallest absolute Gasteiger partial charge is 0.376 e. The number of carbonyl (C=O) groups is 1. The molecule has 4 nitrogen and oxygen atoms in total. The Balaban J connectivity index is 4.40. The highest BCUT2D eigenvalue weighted by molar-refractivity contribution is 6.67. The first-order valence-electron chi connectivity index (χ1n) is 5.61. The fourth-order valence-electron chi connectivity index (χ4n) is 1.26. The van der Waals surface area contributed by atoms with Crippen LogP contribution >= 0.6 is 0 Å². The summed E-state index contributed by atoms with van der Waals surface area (Å²) in [5.41, 5.74) is 0.395. The molecule has 0 bridgehead atoms. The fraction of sp³-hybridized carbons (Fsp3) is 0.727. The molecule has 0 rings (SSSR count). The van der Waals surface area contributed by atoms with E-state index in [1.807, 2.05) is 20.8 Å². The largest absolute Gasteiger partial charge is 0.460 e. The van der Waals surface area contributed by atoms with Gasteiger partial charge < -0.3 is 13.6 Å². The third kappa shape index (κ3) is 4.91. The minimum absolute atomic E-state index is 0.233. The summed E-state index contributed by atoms with van der Waals surface area (Å²) in [6.07, 6.45) is 0.233. The molecule has 0 unspecified atom stereocenters. The van der Waals surface area contributed by atoms with Gasteiger partial charge in [0.05, 0.1) is 0 Å². The topological polar surface area (TPSA) is 44.8 Å². The van der Waals surface area contributed by atoms with Crippen LogP contribution in [-0.2, 0) is 18.4 Å². The molecule has 94 valence electrons. The van der Waals surface area contributed by atoms with E-state index in [1.165, 1.54) is 0 Å². The molecule has 0 aliphatic carbocycles. The van der Waals surface area contributed by atoms with Crippen molar-refractivity contribution in [3.63, 3.8) is 0 Å². The highest BCUT2D eigenvalue weighted by atomic mass is 28.4. The summed E-state index contributed by atoms with van der Waals surface area (Å²) < 4.78 is 16.5. The molecule has 0 aliphatic heterocycles. The lowest BCUT2D eigenvalue weighted by molar-refractivity contribution is -0.138. The van der Waals surface area contributed by atoms with Gasteiger partial charge in [0.25, 0.3) is 0 Å². The summed E-state index contributed by atoms with van der Waals surface area (Å²) in [5.74, 6) is -0.385. The van der Waals surface area contributed by atoms with E-state index in [-0.39, 0.29) is 12.2 Å². The third-order valence-corrected chi connectivity index (χ3v) is 5.42. The number of hydrogen-bond donors (Lipinski definition) is 0. The van der Waals surface area contributed by atoms with Crippen molar-refractivity contribution in [1.82, 2.24) is 0 Å². The molecule has 0 amide bonds. The summed E-state index contributed by atoms with van der Waals surface area (Å²) >= 11 is 0. The minimum Gasteiger partial charge on any atom is -0.460 e. The summed E-state index contributed by atoms with van der Waals surface area (Å²) in [7, 11) is -2.36. The molecule has 0 aromatic rings. The maximum Gasteiger partial charge on any atom is 0.376 e. The predicted octanol–water partition coefficient (Wildman–Crippen LogP) is 2.18.